The van der Waals surface area contributed by atoms with Crippen LogP contribution in [0.15, 0.2) is 140 Å². The van der Waals surface area contributed by atoms with E-state index in [1.807, 2.05) is 62.4 Å². The van der Waals surface area contributed by atoms with Crippen molar-refractivity contribution in [1.29, 1.82) is 0 Å². The highest BCUT2D eigenvalue weighted by atomic mass is 16.5. The van der Waals surface area contributed by atoms with Gasteiger partial charge in [0, 0.05) is 94.8 Å². The summed E-state index contributed by atoms with van der Waals surface area (Å²) in [6, 6.07) is 40.9. The first-order valence-electron chi connectivity index (χ1n) is 33.3. The number of esters is 2. The highest BCUT2D eigenvalue weighted by Crippen LogP contribution is 2.36. The molecular weight excluding hydrogens is 1340 g/mol. The Bertz CT molecular complexity index is 4000. The molecule has 1 amide bonds. The van der Waals surface area contributed by atoms with Crippen LogP contribution in [0.5, 0.6) is 69.0 Å². The summed E-state index contributed by atoms with van der Waals surface area (Å²) >= 11 is 0. The number of carbonyl (C=O) groups is 5. The molecule has 4 N–H and O–H groups in total. The number of piperidine rings is 1. The van der Waals surface area contributed by atoms with Gasteiger partial charge in [0.05, 0.1) is 118 Å². The van der Waals surface area contributed by atoms with Crippen LogP contribution in [0, 0.1) is 0 Å². The maximum absolute atomic E-state index is 11.6. The number of methoxy groups -OCH3 is 14. The Morgan fingerprint density at radius 1 is 0.471 bits per heavy atom. The lowest BCUT2D eigenvalue weighted by Gasteiger charge is -2.35. The molecule has 1 saturated heterocycles. The number of aliphatic hydroxyl groups excluding tert-OH is 1. The largest absolute Gasteiger partial charge is 0.497 e. The van der Waals surface area contributed by atoms with Crippen molar-refractivity contribution in [2.24, 2.45) is 5.73 Å². The molecule has 1 aliphatic rings. The number of rotatable bonds is 27. The SMILES string of the molecule is COC(=O)C(C)c1cc(OC)ccc1OC.COC(=O)Cc1cc(OC)ccc1OC.COc1ccc(OC)c(C(C)C=O)c1.COc1ccc(OC)c(C(C)CN2CCC(n3ccc4ccc(C(N)=O)cc43)CC2)c1.COc1ccc(OC)c(C(C)CO)c1.COc1ccc(OC)c(CC(=O)O)c1. The third-order valence-electron chi connectivity index (χ3n) is 17.2. The van der Waals surface area contributed by atoms with E-state index in [0.717, 1.165) is 101 Å². The predicted octanol–water partition coefficient (Wildman–Crippen LogP) is 12.7. The lowest BCUT2D eigenvalue weighted by molar-refractivity contribution is -0.142. The zero-order valence-corrected chi connectivity index (χ0v) is 63.0. The van der Waals surface area contributed by atoms with Gasteiger partial charge in [-0.3, -0.25) is 19.2 Å². The van der Waals surface area contributed by atoms with E-state index in [9.17, 15) is 24.0 Å². The Morgan fingerprint density at radius 3 is 1.26 bits per heavy atom. The monoisotopic (exact) mass is 1440 g/mol. The third-order valence-corrected chi connectivity index (χ3v) is 17.2. The fourth-order valence-corrected chi connectivity index (χ4v) is 11.2. The lowest BCUT2D eigenvalue weighted by atomic mass is 9.97. The second-order valence-corrected chi connectivity index (χ2v) is 23.7. The van der Waals surface area contributed by atoms with Crippen molar-refractivity contribution in [2.45, 2.75) is 83.1 Å². The van der Waals surface area contributed by atoms with E-state index in [-0.39, 0.29) is 55.0 Å². The number of likely N-dealkylation sites (tertiary alicyclic amines) is 1. The number of amides is 1. The summed E-state index contributed by atoms with van der Waals surface area (Å²) in [6.45, 7) is 10.9. The predicted molar refractivity (Wildman–Crippen MR) is 398 cm³/mol. The maximum Gasteiger partial charge on any atom is 0.312 e. The fourth-order valence-electron chi connectivity index (χ4n) is 11.2. The summed E-state index contributed by atoms with van der Waals surface area (Å²) in [6.07, 6.45) is 5.28. The average molecular weight is 1440 g/mol. The highest BCUT2D eigenvalue weighted by Gasteiger charge is 2.26. The summed E-state index contributed by atoms with van der Waals surface area (Å²) in [7, 11) is 21.9. The molecule has 4 atom stereocenters. The Labute approximate surface area is 610 Å². The van der Waals surface area contributed by atoms with Gasteiger partial charge in [-0.05, 0) is 158 Å². The quantitative estimate of drug-likeness (QED) is 0.0318. The van der Waals surface area contributed by atoms with Crippen LogP contribution in [0.2, 0.25) is 0 Å². The van der Waals surface area contributed by atoms with Crippen molar-refractivity contribution in [2.75, 3.05) is 126 Å². The van der Waals surface area contributed by atoms with Gasteiger partial charge in [-0.1, -0.05) is 26.8 Å². The van der Waals surface area contributed by atoms with Gasteiger partial charge < -0.3 is 96.5 Å². The van der Waals surface area contributed by atoms with Gasteiger partial charge in [0.15, 0.2) is 0 Å². The normalized spacial score (nSPS) is 12.6. The van der Waals surface area contributed by atoms with Gasteiger partial charge in [-0.25, -0.2) is 0 Å². The fraction of sp³-hybridized carbons (Fsp3) is 0.388. The number of fused-ring (bicyclic) bond motifs is 1. The van der Waals surface area contributed by atoms with Crippen LogP contribution >= 0.6 is 0 Å². The minimum absolute atomic E-state index is 0.0556. The first-order chi connectivity index (χ1) is 49.9. The molecule has 0 aliphatic carbocycles. The number of carboxylic acids is 1. The van der Waals surface area contributed by atoms with E-state index in [4.69, 9.17) is 77.5 Å². The van der Waals surface area contributed by atoms with E-state index in [0.29, 0.717) is 63.3 Å². The number of hydrogen-bond donors (Lipinski definition) is 3. The zero-order valence-electron chi connectivity index (χ0n) is 63.0. The molecule has 0 bridgehead atoms. The van der Waals surface area contributed by atoms with Gasteiger partial charge in [-0.2, -0.15) is 0 Å². The van der Waals surface area contributed by atoms with Crippen molar-refractivity contribution in [3.8, 4) is 69.0 Å². The van der Waals surface area contributed by atoms with Gasteiger partial charge in [0.2, 0.25) is 5.91 Å². The van der Waals surface area contributed by atoms with Crippen LogP contribution in [-0.2, 0) is 41.5 Å². The number of nitrogens with two attached hydrogens (primary N) is 1. The molecule has 1 fully saturated rings. The molecule has 4 unspecified atom stereocenters. The van der Waals surface area contributed by atoms with Crippen molar-refractivity contribution >= 4 is 41.0 Å². The molecule has 24 heteroatoms. The van der Waals surface area contributed by atoms with Crippen LogP contribution in [0.3, 0.4) is 0 Å². The van der Waals surface area contributed by atoms with E-state index < -0.39 is 5.97 Å². The number of hydrogen-bond acceptors (Lipinski definition) is 21. The highest BCUT2D eigenvalue weighted by molar-refractivity contribution is 5.97. The summed E-state index contributed by atoms with van der Waals surface area (Å²) in [5, 5.41) is 18.9. The second-order valence-electron chi connectivity index (χ2n) is 23.7. The number of carboxylic acid groups (broad SMARTS) is 1. The van der Waals surface area contributed by atoms with E-state index in [1.165, 1.54) is 34.0 Å². The zero-order chi connectivity index (χ0) is 77.0. The van der Waals surface area contributed by atoms with E-state index in [1.54, 1.807) is 151 Å². The molecule has 7 aromatic carbocycles. The number of aldehydes is 1. The van der Waals surface area contributed by atoms with Crippen molar-refractivity contribution < 1.29 is 101 Å². The molecule has 9 rings (SSSR count). The first-order valence-corrected chi connectivity index (χ1v) is 33.3. The molecule has 24 nitrogen and oxygen atoms in total. The summed E-state index contributed by atoms with van der Waals surface area (Å²) in [5.74, 6) is 6.60. The average Bonchev–Trinajstić information content (AvgIpc) is 1.59. The number of aliphatic hydroxyl groups is 1. The Hall–Kier alpha value is -10.9. The third kappa shape index (κ3) is 25.3. The molecule has 1 aliphatic heterocycles. The molecule has 0 radical (unpaired) electrons. The Kier molecular flexibility index (Phi) is 36.6. The molecule has 104 heavy (non-hydrogen) atoms. The number of primary amides is 1. The summed E-state index contributed by atoms with van der Waals surface area (Å²) in [5.41, 5.74) is 12.2. The molecular formula is C80H103N3O21. The van der Waals surface area contributed by atoms with Gasteiger partial charge in [-0.15, -0.1) is 0 Å². The molecule has 0 saturated carbocycles. The molecule has 1 aromatic heterocycles. The standard InChI is InChI=1S/C25H31N3O3.C12H16O4.C11H14O4.C11H16O3.C11H14O3.C10H12O4/c1-17(22-15-21(30-2)6-7-24(22)31-3)16-27-11-9-20(10-12-27)28-13-8-18-4-5-19(25(26)29)14-23(18)28;1-8(12(13)16-4)10-7-9(14-2)5-6-11(10)15-3;1-13-9-4-5-10(14-2)8(6-9)7-11(12)15-3;2*1-8(7-12)10-6-9(13-2)4-5-11(10)14-3;1-13-8-3-4-9(14-2)7(5-8)6-10(11)12/h4-8,13-15,17,20H,9-12,16H2,1-3H3,(H2,26,29);5-8H,1-4H3;4-6H,7H2,1-3H3;4-6,8,12H,7H2,1-3H3;4-8H,1-3H3;3-5H,6H2,1-2H3,(H,11,12). The Morgan fingerprint density at radius 2 is 0.865 bits per heavy atom. The van der Waals surface area contributed by atoms with Crippen molar-refractivity contribution in [1.82, 2.24) is 9.47 Å². The first kappa shape index (κ1) is 85.6. The number of ether oxygens (including phenoxy) is 14. The lowest BCUT2D eigenvalue weighted by Crippen LogP contribution is -2.36. The molecule has 2 heterocycles. The van der Waals surface area contributed by atoms with Gasteiger partial charge in [0.25, 0.3) is 0 Å². The van der Waals surface area contributed by atoms with Crippen LogP contribution < -0.4 is 62.6 Å². The minimum Gasteiger partial charge on any atom is -0.497 e. The number of nitrogens with zero attached hydrogens (tertiary/aromatic N) is 2. The topological polar surface area (TPSA) is 289 Å². The van der Waals surface area contributed by atoms with Gasteiger partial charge >= 0.3 is 17.9 Å². The molecule has 8 aromatic rings. The molecule has 0 spiro atoms. The number of aliphatic carboxylic acids is 1. The van der Waals surface area contributed by atoms with Crippen LogP contribution in [0.25, 0.3) is 10.9 Å². The second kappa shape index (κ2) is 44.5. The van der Waals surface area contributed by atoms with E-state index >= 15 is 0 Å². The van der Waals surface area contributed by atoms with Crippen molar-refractivity contribution in [3.63, 3.8) is 0 Å². The van der Waals surface area contributed by atoms with Crippen molar-refractivity contribution in [3.05, 3.63) is 179 Å². The minimum atomic E-state index is -0.892. The van der Waals surface area contributed by atoms with Gasteiger partial charge in [0.1, 0.15) is 75.3 Å². The number of aromatic nitrogens is 1. The number of benzene rings is 7. The smallest absolute Gasteiger partial charge is 0.312 e. The maximum atomic E-state index is 11.6. The number of carbonyl (C=O) groups excluding carboxylic acids is 4. The van der Waals surface area contributed by atoms with Crippen LogP contribution in [0.1, 0.15) is 114 Å². The Balaban J connectivity index is 0.000000275. The van der Waals surface area contributed by atoms with E-state index in [2.05, 4.69) is 39.5 Å². The molecule has 564 valence electrons. The summed E-state index contributed by atoms with van der Waals surface area (Å²) in [4.78, 5) is 57.9. The van der Waals surface area contributed by atoms with Crippen LogP contribution in [-0.4, -0.2) is 176 Å². The van der Waals surface area contributed by atoms with Crippen LogP contribution in [0.4, 0.5) is 0 Å². The summed E-state index contributed by atoms with van der Waals surface area (Å²) < 4.78 is 73.6.